The molecule has 278 valence electrons. The molecule has 6 aromatic rings. The molecule has 0 saturated heterocycles. The van der Waals surface area contributed by atoms with E-state index in [2.05, 4.69) is 10.3 Å². The van der Waals surface area contributed by atoms with Gasteiger partial charge in [0.2, 0.25) is 0 Å². The lowest BCUT2D eigenvalue weighted by Crippen LogP contribution is -2.34. The first-order valence-corrected chi connectivity index (χ1v) is 16.7. The Labute approximate surface area is 309 Å². The third kappa shape index (κ3) is 8.97. The van der Waals surface area contributed by atoms with Gasteiger partial charge in [0.05, 0.1) is 36.1 Å². The molecule has 4 N–H and O–H groups in total. The number of benzene rings is 4. The molecule has 2 heterocycles. The third-order valence-electron chi connectivity index (χ3n) is 8.08. The Morgan fingerprint density at radius 2 is 1.61 bits per heavy atom. The normalized spacial score (nSPS) is 11.8. The summed E-state index contributed by atoms with van der Waals surface area (Å²) < 4.78 is 34.6. The number of pyridine rings is 1. The number of carbonyl (C=O) groups is 3. The highest BCUT2D eigenvalue weighted by Crippen LogP contribution is 2.33. The monoisotopic (exact) mass is 735 g/mol. The van der Waals surface area contributed by atoms with E-state index in [9.17, 15) is 19.2 Å². The van der Waals surface area contributed by atoms with Gasteiger partial charge in [0.15, 0.2) is 11.6 Å². The van der Waals surface area contributed by atoms with Gasteiger partial charge in [-0.2, -0.15) is 0 Å². The Morgan fingerprint density at radius 3 is 2.22 bits per heavy atom. The molecule has 0 bridgehead atoms. The van der Waals surface area contributed by atoms with E-state index in [1.54, 1.807) is 117 Å². The van der Waals surface area contributed by atoms with Gasteiger partial charge < -0.3 is 30.4 Å². The van der Waals surface area contributed by atoms with Crippen LogP contribution in [0, 0.1) is 12.7 Å². The lowest BCUT2D eigenvalue weighted by atomic mass is 10.2. The molecule has 2 aromatic heterocycles. The number of rotatable bonds is 11. The summed E-state index contributed by atoms with van der Waals surface area (Å²) in [4.78, 5) is 53.7. The van der Waals surface area contributed by atoms with Crippen molar-refractivity contribution < 1.29 is 38.1 Å². The summed E-state index contributed by atoms with van der Waals surface area (Å²) in [5, 5.41) is 11.7. The Morgan fingerprint density at radius 1 is 0.926 bits per heavy atom. The average molecular weight is 736 g/mol. The molecular weight excluding hydrogens is 697 g/mol. The largest absolute Gasteiger partial charge is 0.497 e. The second kappa shape index (κ2) is 17.1. The van der Waals surface area contributed by atoms with E-state index in [1.807, 2.05) is 0 Å². The standard InChI is InChI=1S/C33H32FN5O6.C7H6O2/c1-19(44-33(42)20(2)35)18-38-21(3)30(32(41)39(38)23-8-6-5-7-9-23)31(40)37-22-10-13-29(26(34)16-22)45-28-14-15-36-27-17-24(43-4)11-12-25(27)28;8-7(9)6-4-2-1-3-5-6/h5-17,19-20H,18,35H2,1-4H3,(H,37,40);1-5H,(H,8,9)/t19-,20-;/m0./s1. The molecule has 54 heavy (non-hydrogen) atoms. The van der Waals surface area contributed by atoms with Gasteiger partial charge in [-0.1, -0.05) is 36.4 Å². The first-order chi connectivity index (χ1) is 25.9. The maximum Gasteiger partial charge on any atom is 0.335 e. The Kier molecular flexibility index (Phi) is 12.2. The minimum Gasteiger partial charge on any atom is -0.497 e. The van der Waals surface area contributed by atoms with Gasteiger partial charge in [-0.05, 0) is 75.4 Å². The van der Waals surface area contributed by atoms with Gasteiger partial charge in [-0.3, -0.25) is 24.0 Å². The Balaban J connectivity index is 0.000000546. The number of nitrogens with zero attached hydrogens (tertiary/aromatic N) is 3. The van der Waals surface area contributed by atoms with Crippen LogP contribution in [0.15, 0.2) is 114 Å². The zero-order chi connectivity index (χ0) is 38.9. The molecule has 13 nitrogen and oxygen atoms in total. The molecular formula is C40H38FN5O8. The minimum atomic E-state index is -0.879. The van der Waals surface area contributed by atoms with Crippen LogP contribution in [0.25, 0.3) is 16.6 Å². The number of aromatic nitrogens is 3. The van der Waals surface area contributed by atoms with E-state index >= 15 is 4.39 Å². The molecule has 0 spiro atoms. The lowest BCUT2D eigenvalue weighted by Gasteiger charge is -2.19. The number of carboxylic acid groups (broad SMARTS) is 1. The van der Waals surface area contributed by atoms with Crippen LogP contribution in [-0.2, 0) is 16.1 Å². The van der Waals surface area contributed by atoms with E-state index < -0.39 is 41.4 Å². The van der Waals surface area contributed by atoms with Crippen molar-refractivity contribution in [2.75, 3.05) is 12.4 Å². The molecule has 0 aliphatic heterocycles. The average Bonchev–Trinajstić information content (AvgIpc) is 3.41. The number of anilines is 1. The van der Waals surface area contributed by atoms with Crippen LogP contribution in [0.4, 0.5) is 10.1 Å². The van der Waals surface area contributed by atoms with Crippen LogP contribution >= 0.6 is 0 Å². The topological polar surface area (TPSA) is 177 Å². The number of esters is 1. The number of aromatic carboxylic acids is 1. The van der Waals surface area contributed by atoms with Crippen molar-refractivity contribution in [2.24, 2.45) is 5.73 Å². The van der Waals surface area contributed by atoms with Crippen LogP contribution < -0.4 is 26.1 Å². The fourth-order valence-electron chi connectivity index (χ4n) is 5.41. The second-order valence-corrected chi connectivity index (χ2v) is 12.1. The van der Waals surface area contributed by atoms with E-state index in [1.165, 1.54) is 23.7 Å². The van der Waals surface area contributed by atoms with Crippen molar-refractivity contribution in [1.29, 1.82) is 0 Å². The third-order valence-corrected chi connectivity index (χ3v) is 8.08. The van der Waals surface area contributed by atoms with E-state index in [-0.39, 0.29) is 23.5 Å². The van der Waals surface area contributed by atoms with Gasteiger partial charge in [0.25, 0.3) is 11.5 Å². The molecule has 0 aliphatic carbocycles. The number of hydrogen-bond donors (Lipinski definition) is 3. The van der Waals surface area contributed by atoms with Crippen molar-refractivity contribution in [3.05, 3.63) is 142 Å². The predicted molar refractivity (Wildman–Crippen MR) is 200 cm³/mol. The number of ether oxygens (including phenoxy) is 3. The smallest absolute Gasteiger partial charge is 0.335 e. The second-order valence-electron chi connectivity index (χ2n) is 12.1. The molecule has 4 aromatic carbocycles. The number of hydrogen-bond acceptors (Lipinski definition) is 9. The maximum atomic E-state index is 15.2. The summed E-state index contributed by atoms with van der Waals surface area (Å²) in [5.74, 6) is -1.99. The van der Waals surface area contributed by atoms with E-state index in [0.717, 1.165) is 6.07 Å². The molecule has 0 unspecified atom stereocenters. The highest BCUT2D eigenvalue weighted by molar-refractivity contribution is 6.05. The van der Waals surface area contributed by atoms with Gasteiger partial charge >= 0.3 is 11.9 Å². The molecule has 1 amide bonds. The fourth-order valence-corrected chi connectivity index (χ4v) is 5.41. The summed E-state index contributed by atoms with van der Waals surface area (Å²) >= 11 is 0. The van der Waals surface area contributed by atoms with Gasteiger partial charge in [-0.15, -0.1) is 0 Å². The van der Waals surface area contributed by atoms with E-state index in [0.29, 0.717) is 39.3 Å². The number of amides is 1. The van der Waals surface area contributed by atoms with Crippen molar-refractivity contribution in [2.45, 2.75) is 39.5 Å². The van der Waals surface area contributed by atoms with Crippen molar-refractivity contribution in [1.82, 2.24) is 14.3 Å². The molecule has 14 heteroatoms. The van der Waals surface area contributed by atoms with Crippen molar-refractivity contribution >= 4 is 34.4 Å². The van der Waals surface area contributed by atoms with Gasteiger partial charge in [0, 0.05) is 29.4 Å². The lowest BCUT2D eigenvalue weighted by molar-refractivity contribution is -0.150. The quantitative estimate of drug-likeness (QED) is 0.127. The Hall–Kier alpha value is -6.80. The van der Waals surface area contributed by atoms with Crippen molar-refractivity contribution in [3.8, 4) is 22.9 Å². The number of methoxy groups -OCH3 is 1. The zero-order valence-corrected chi connectivity index (χ0v) is 29.9. The molecule has 0 radical (unpaired) electrons. The van der Waals surface area contributed by atoms with Crippen LogP contribution in [0.2, 0.25) is 0 Å². The predicted octanol–water partition coefficient (Wildman–Crippen LogP) is 6.35. The number of nitrogens with two attached hydrogens (primary N) is 1. The van der Waals surface area contributed by atoms with Gasteiger partial charge in [0.1, 0.15) is 29.2 Å². The molecule has 6 rings (SSSR count). The highest BCUT2D eigenvalue weighted by Gasteiger charge is 2.26. The SMILES string of the molecule is COc1ccc2c(Oc3ccc(NC(=O)c4c(C)n(C[C@H](C)OC(=O)[C@H](C)N)n(-c5ccccc5)c4=O)cc3F)ccnc2c1.O=C(O)c1ccccc1. The first-order valence-electron chi connectivity index (χ1n) is 16.7. The highest BCUT2D eigenvalue weighted by atomic mass is 19.1. The molecule has 2 atom stereocenters. The Bertz CT molecular complexity index is 2340. The summed E-state index contributed by atoms with van der Waals surface area (Å²) in [5.41, 5.74) is 6.78. The van der Waals surface area contributed by atoms with Crippen LogP contribution in [0.3, 0.4) is 0 Å². The summed E-state index contributed by atoms with van der Waals surface area (Å²) in [6.07, 6.45) is 0.880. The maximum absolute atomic E-state index is 15.2. The number of fused-ring (bicyclic) bond motifs is 1. The summed E-state index contributed by atoms with van der Waals surface area (Å²) in [6, 6.07) is 27.1. The number of carbonyl (C=O) groups excluding carboxylic acids is 2. The summed E-state index contributed by atoms with van der Waals surface area (Å²) in [7, 11) is 1.55. The first kappa shape index (κ1) is 38.4. The zero-order valence-electron chi connectivity index (χ0n) is 29.9. The van der Waals surface area contributed by atoms with E-state index in [4.69, 9.17) is 25.1 Å². The number of nitrogens with one attached hydrogen (secondary N) is 1. The molecule has 0 aliphatic rings. The molecule has 0 fully saturated rings. The van der Waals surface area contributed by atoms with Gasteiger partial charge in [-0.25, -0.2) is 13.9 Å². The fraction of sp³-hybridized carbons (Fsp3) is 0.175. The number of halogens is 1. The minimum absolute atomic E-state index is 0.0683. The number of para-hydroxylation sites is 1. The van der Waals surface area contributed by atoms with Crippen LogP contribution in [0.5, 0.6) is 17.2 Å². The van der Waals surface area contributed by atoms with Crippen LogP contribution in [0.1, 0.15) is 40.3 Å². The van der Waals surface area contributed by atoms with Crippen molar-refractivity contribution in [3.63, 3.8) is 0 Å². The van der Waals surface area contributed by atoms with Crippen LogP contribution in [-0.4, -0.2) is 56.6 Å². The number of carboxylic acids is 1. The molecule has 0 saturated carbocycles. The summed E-state index contributed by atoms with van der Waals surface area (Å²) in [6.45, 7) is 4.86.